The first-order chi connectivity index (χ1) is 19.3. The van der Waals surface area contributed by atoms with Gasteiger partial charge >= 0.3 is 0 Å². The van der Waals surface area contributed by atoms with Gasteiger partial charge in [-0.1, -0.05) is 63.6 Å². The number of likely N-dealkylation sites (tertiary alicyclic amines) is 2. The molecule has 0 radical (unpaired) electrons. The van der Waals surface area contributed by atoms with Crippen molar-refractivity contribution >= 4 is 17.7 Å². The van der Waals surface area contributed by atoms with Crippen LogP contribution in [0.1, 0.15) is 105 Å². The number of piperidine rings is 2. The molecule has 1 unspecified atom stereocenters. The molecule has 1 saturated carbocycles. The molecule has 3 amide bonds. The van der Waals surface area contributed by atoms with Crippen molar-refractivity contribution in [1.82, 2.24) is 20.0 Å². The van der Waals surface area contributed by atoms with Gasteiger partial charge in [-0.05, 0) is 69.4 Å². The monoisotopic (exact) mass is 550 g/mol. The highest BCUT2D eigenvalue weighted by Gasteiger charge is 2.54. The number of carbonyl (C=O) groups is 3. The topological polar surface area (TPSA) is 73.0 Å². The zero-order valence-electron chi connectivity index (χ0n) is 25.1. The first-order valence-corrected chi connectivity index (χ1v) is 16.1. The highest BCUT2D eigenvalue weighted by Crippen LogP contribution is 2.37. The Bertz CT molecular complexity index is 1050. The summed E-state index contributed by atoms with van der Waals surface area (Å²) in [6.45, 7) is 10.1. The van der Waals surface area contributed by atoms with E-state index in [1.54, 1.807) is 0 Å². The Kier molecular flexibility index (Phi) is 9.18. The number of unbranched alkanes of at least 4 members (excludes halogenated alkanes) is 1. The predicted octanol–water partition coefficient (Wildman–Crippen LogP) is 4.84. The normalized spacial score (nSPS) is 24.9. The molecule has 1 aromatic carbocycles. The van der Waals surface area contributed by atoms with Crippen molar-refractivity contribution in [3.8, 4) is 0 Å². The van der Waals surface area contributed by atoms with E-state index in [9.17, 15) is 14.4 Å². The zero-order valence-corrected chi connectivity index (χ0v) is 25.1. The summed E-state index contributed by atoms with van der Waals surface area (Å²) in [5.74, 6) is 0.945. The van der Waals surface area contributed by atoms with Crippen molar-refractivity contribution in [3.05, 3.63) is 34.9 Å². The molecule has 1 atom stereocenters. The van der Waals surface area contributed by atoms with Crippen molar-refractivity contribution in [2.45, 2.75) is 115 Å². The van der Waals surface area contributed by atoms with Crippen molar-refractivity contribution in [2.75, 3.05) is 32.7 Å². The van der Waals surface area contributed by atoms with Crippen LogP contribution in [0.4, 0.5) is 0 Å². The first-order valence-electron chi connectivity index (χ1n) is 16.1. The highest BCUT2D eigenvalue weighted by molar-refractivity contribution is 6.00. The molecule has 3 heterocycles. The molecular formula is C33H50N4O3. The summed E-state index contributed by atoms with van der Waals surface area (Å²) < 4.78 is 0. The fraction of sp³-hybridized carbons (Fsp3) is 0.727. The van der Waals surface area contributed by atoms with E-state index in [2.05, 4.69) is 17.1 Å². The smallest absolute Gasteiger partial charge is 0.254 e. The van der Waals surface area contributed by atoms with E-state index in [1.807, 2.05) is 41.8 Å². The van der Waals surface area contributed by atoms with Gasteiger partial charge in [-0.25, -0.2) is 0 Å². The summed E-state index contributed by atoms with van der Waals surface area (Å²) in [7, 11) is 0. The van der Waals surface area contributed by atoms with Crippen molar-refractivity contribution in [1.29, 1.82) is 0 Å². The van der Waals surface area contributed by atoms with Crippen LogP contribution in [0.5, 0.6) is 0 Å². The van der Waals surface area contributed by atoms with Crippen LogP contribution in [-0.4, -0.2) is 82.8 Å². The second-order valence-electron chi connectivity index (χ2n) is 13.0. The summed E-state index contributed by atoms with van der Waals surface area (Å²) in [5, 5.41) is 3.22. The molecule has 40 heavy (non-hydrogen) atoms. The average Bonchev–Trinajstić information content (AvgIpc) is 2.97. The van der Waals surface area contributed by atoms with E-state index in [1.165, 1.54) is 32.1 Å². The van der Waals surface area contributed by atoms with Crippen LogP contribution < -0.4 is 5.32 Å². The third kappa shape index (κ3) is 5.81. The maximum Gasteiger partial charge on any atom is 0.254 e. The second kappa shape index (κ2) is 12.6. The molecule has 7 nitrogen and oxygen atoms in total. The molecule has 4 aliphatic rings. The Morgan fingerprint density at radius 3 is 2.23 bits per heavy atom. The van der Waals surface area contributed by atoms with Crippen LogP contribution >= 0.6 is 0 Å². The molecule has 3 saturated heterocycles. The third-order valence-corrected chi connectivity index (χ3v) is 10.4. The molecule has 4 fully saturated rings. The van der Waals surface area contributed by atoms with E-state index < -0.39 is 5.54 Å². The Balaban J connectivity index is 1.20. The van der Waals surface area contributed by atoms with Gasteiger partial charge in [0.25, 0.3) is 5.91 Å². The lowest BCUT2D eigenvalue weighted by Crippen LogP contribution is -2.73. The van der Waals surface area contributed by atoms with Gasteiger partial charge in [0, 0.05) is 44.3 Å². The number of rotatable bonds is 7. The minimum atomic E-state index is -0.704. The summed E-state index contributed by atoms with van der Waals surface area (Å²) >= 11 is 0. The quantitative estimate of drug-likeness (QED) is 0.527. The van der Waals surface area contributed by atoms with Gasteiger partial charge in [0.15, 0.2) is 0 Å². The number of carbonyl (C=O) groups excluding carboxylic acids is 3. The lowest BCUT2D eigenvalue weighted by Gasteiger charge is -2.53. The van der Waals surface area contributed by atoms with Crippen LogP contribution in [0.2, 0.25) is 0 Å². The molecule has 5 rings (SSSR count). The Morgan fingerprint density at radius 2 is 1.60 bits per heavy atom. The van der Waals surface area contributed by atoms with E-state index in [0.717, 1.165) is 75.0 Å². The van der Waals surface area contributed by atoms with Crippen LogP contribution in [0.3, 0.4) is 0 Å². The predicted molar refractivity (Wildman–Crippen MR) is 158 cm³/mol. The maximum absolute atomic E-state index is 13.8. The fourth-order valence-electron chi connectivity index (χ4n) is 7.93. The fourth-order valence-corrected chi connectivity index (χ4v) is 7.93. The van der Waals surface area contributed by atoms with Gasteiger partial charge in [0.2, 0.25) is 11.8 Å². The van der Waals surface area contributed by atoms with Gasteiger partial charge in [-0.3, -0.25) is 14.4 Å². The SMILES string of the molecule is CCCCN1C(=O)C(CC2CCCCC2)NC(=O)C12CCN(C1CCN(C(=O)c3c(C)cccc3C)CC1)CC2. The number of amides is 3. The first kappa shape index (κ1) is 29.1. The number of benzene rings is 1. The summed E-state index contributed by atoms with van der Waals surface area (Å²) in [6.07, 6.45) is 12.2. The number of hydrogen-bond acceptors (Lipinski definition) is 4. The molecule has 0 bridgehead atoms. The minimum Gasteiger partial charge on any atom is -0.342 e. The van der Waals surface area contributed by atoms with E-state index in [4.69, 9.17) is 0 Å². The molecule has 1 aromatic rings. The van der Waals surface area contributed by atoms with Gasteiger partial charge in [-0.15, -0.1) is 0 Å². The molecule has 220 valence electrons. The van der Waals surface area contributed by atoms with Gasteiger partial charge < -0.3 is 20.0 Å². The average molecular weight is 551 g/mol. The van der Waals surface area contributed by atoms with Crippen molar-refractivity contribution in [2.24, 2.45) is 5.92 Å². The summed E-state index contributed by atoms with van der Waals surface area (Å²) in [4.78, 5) is 47.4. The molecule has 1 N–H and O–H groups in total. The lowest BCUT2D eigenvalue weighted by molar-refractivity contribution is -0.162. The zero-order chi connectivity index (χ0) is 28.3. The van der Waals surface area contributed by atoms with Crippen molar-refractivity contribution in [3.63, 3.8) is 0 Å². The van der Waals surface area contributed by atoms with E-state index in [-0.39, 0.29) is 23.8 Å². The minimum absolute atomic E-state index is 0.0812. The van der Waals surface area contributed by atoms with Crippen LogP contribution in [0.25, 0.3) is 0 Å². The molecule has 0 aromatic heterocycles. The second-order valence-corrected chi connectivity index (χ2v) is 13.0. The molecular weight excluding hydrogens is 500 g/mol. The third-order valence-electron chi connectivity index (χ3n) is 10.4. The van der Waals surface area contributed by atoms with Crippen LogP contribution in [0, 0.1) is 19.8 Å². The Hall–Kier alpha value is -2.41. The number of aryl methyl sites for hydroxylation is 2. The molecule has 3 aliphatic heterocycles. The van der Waals surface area contributed by atoms with E-state index in [0.29, 0.717) is 31.3 Å². The summed E-state index contributed by atoms with van der Waals surface area (Å²) in [6, 6.07) is 6.12. The van der Waals surface area contributed by atoms with Gasteiger partial charge in [0.05, 0.1) is 0 Å². The standard InChI is InChI=1S/C33H50N4O3/c1-4-5-18-37-30(38)28(23-26-12-7-6-8-13-26)34-32(40)33(37)16-21-35(22-17-33)27-14-19-36(20-15-27)31(39)29-24(2)10-9-11-25(29)3/h9-11,26-28H,4-8,12-23H2,1-3H3,(H,34,40). The Labute approximate surface area is 241 Å². The maximum atomic E-state index is 13.8. The van der Waals surface area contributed by atoms with Crippen molar-refractivity contribution < 1.29 is 14.4 Å². The summed E-state index contributed by atoms with van der Waals surface area (Å²) in [5.41, 5.74) is 2.23. The molecule has 1 aliphatic carbocycles. The van der Waals surface area contributed by atoms with Gasteiger partial charge in [-0.2, -0.15) is 0 Å². The lowest BCUT2D eigenvalue weighted by atomic mass is 9.78. The Morgan fingerprint density at radius 1 is 0.950 bits per heavy atom. The highest BCUT2D eigenvalue weighted by atomic mass is 16.2. The van der Waals surface area contributed by atoms with Crippen LogP contribution in [0.15, 0.2) is 18.2 Å². The number of nitrogens with zero attached hydrogens (tertiary/aromatic N) is 3. The van der Waals surface area contributed by atoms with Gasteiger partial charge in [0.1, 0.15) is 11.6 Å². The van der Waals surface area contributed by atoms with Crippen LogP contribution in [-0.2, 0) is 9.59 Å². The number of piperazine rings is 1. The number of nitrogens with one attached hydrogen (secondary N) is 1. The number of hydrogen-bond donors (Lipinski definition) is 1. The van der Waals surface area contributed by atoms with E-state index >= 15 is 0 Å². The molecule has 1 spiro atoms. The molecule has 7 heteroatoms. The largest absolute Gasteiger partial charge is 0.342 e.